The number of carboxylic acid groups (broad SMARTS) is 1. The maximum absolute atomic E-state index is 11.1. The van der Waals surface area contributed by atoms with Crippen molar-refractivity contribution in [2.24, 2.45) is 0 Å². The number of fused-ring (bicyclic) bond motifs is 1. The third-order valence-electron chi connectivity index (χ3n) is 4.64. The lowest BCUT2D eigenvalue weighted by molar-refractivity contribution is 0.0691. The lowest BCUT2D eigenvalue weighted by Gasteiger charge is -2.12. The summed E-state index contributed by atoms with van der Waals surface area (Å²) in [6.07, 6.45) is 1.97. The van der Waals surface area contributed by atoms with Crippen molar-refractivity contribution in [2.75, 3.05) is 0 Å². The molecule has 0 fully saturated rings. The van der Waals surface area contributed by atoms with E-state index in [-0.39, 0.29) is 5.92 Å². The second-order valence-electron chi connectivity index (χ2n) is 6.01. The van der Waals surface area contributed by atoms with Crippen molar-refractivity contribution in [1.82, 2.24) is 4.98 Å². The number of carboxylic acids is 1. The first kappa shape index (κ1) is 13.8. The van der Waals surface area contributed by atoms with Gasteiger partial charge >= 0.3 is 5.97 Å². The van der Waals surface area contributed by atoms with Crippen LogP contribution in [-0.4, -0.2) is 16.1 Å². The van der Waals surface area contributed by atoms with Crippen LogP contribution >= 0.6 is 0 Å². The molecule has 0 radical (unpaired) electrons. The van der Waals surface area contributed by atoms with E-state index in [1.54, 1.807) is 6.07 Å². The molecule has 0 saturated carbocycles. The van der Waals surface area contributed by atoms with Crippen LogP contribution < -0.4 is 0 Å². The van der Waals surface area contributed by atoms with E-state index < -0.39 is 5.97 Å². The highest BCUT2D eigenvalue weighted by molar-refractivity contribution is 5.86. The Labute approximate surface area is 134 Å². The molecule has 0 saturated heterocycles. The topological polar surface area (TPSA) is 53.1 Å². The zero-order valence-electron chi connectivity index (χ0n) is 12.6. The van der Waals surface area contributed by atoms with E-state index in [9.17, 15) is 4.79 Å². The average molecular weight is 303 g/mol. The van der Waals surface area contributed by atoms with E-state index in [0.717, 1.165) is 24.1 Å². The van der Waals surface area contributed by atoms with Crippen molar-refractivity contribution >= 4 is 5.97 Å². The molecule has 1 atom stereocenters. The average Bonchev–Trinajstić information content (AvgIpc) is 3.16. The van der Waals surface area contributed by atoms with Crippen LogP contribution in [0.5, 0.6) is 0 Å². The molecule has 2 aromatic carbocycles. The van der Waals surface area contributed by atoms with E-state index >= 15 is 0 Å². The molecule has 0 amide bonds. The Morgan fingerprint density at radius 2 is 1.70 bits per heavy atom. The molecule has 1 aliphatic carbocycles. The van der Waals surface area contributed by atoms with Crippen LogP contribution in [0.2, 0.25) is 0 Å². The molecule has 1 aliphatic rings. The van der Waals surface area contributed by atoms with E-state index in [2.05, 4.69) is 41.4 Å². The lowest BCUT2D eigenvalue weighted by atomic mass is 9.94. The zero-order valence-corrected chi connectivity index (χ0v) is 12.6. The van der Waals surface area contributed by atoms with Crippen molar-refractivity contribution < 1.29 is 9.90 Å². The summed E-state index contributed by atoms with van der Waals surface area (Å²) in [6.45, 7) is 0. The Balaban J connectivity index is 1.64. The number of rotatable bonds is 3. The van der Waals surface area contributed by atoms with Gasteiger partial charge in [-0.15, -0.1) is 0 Å². The molecule has 4 rings (SSSR count). The molecule has 1 aromatic heterocycles. The smallest absolute Gasteiger partial charge is 0.352 e. The number of nitrogens with one attached hydrogen (secondary N) is 1. The first-order valence-corrected chi connectivity index (χ1v) is 7.83. The van der Waals surface area contributed by atoms with Crippen molar-refractivity contribution in [3.05, 3.63) is 83.2 Å². The molecule has 114 valence electrons. The molecule has 3 aromatic rings. The van der Waals surface area contributed by atoms with Crippen LogP contribution in [0.3, 0.4) is 0 Å². The largest absolute Gasteiger partial charge is 0.477 e. The SMILES string of the molecule is O=C(O)c1cc2c([nH]1)C(c1ccc(-c3ccccc3)cc1)CC2. The summed E-state index contributed by atoms with van der Waals surface area (Å²) in [5.41, 5.74) is 6.14. The van der Waals surface area contributed by atoms with Gasteiger partial charge in [0.05, 0.1) is 0 Å². The highest BCUT2D eigenvalue weighted by Crippen LogP contribution is 2.38. The van der Waals surface area contributed by atoms with Crippen LogP contribution in [0, 0.1) is 0 Å². The Kier molecular flexibility index (Phi) is 3.27. The van der Waals surface area contributed by atoms with Crippen LogP contribution in [0.25, 0.3) is 11.1 Å². The van der Waals surface area contributed by atoms with Gasteiger partial charge in [0.15, 0.2) is 0 Å². The van der Waals surface area contributed by atoms with Gasteiger partial charge in [0.25, 0.3) is 0 Å². The van der Waals surface area contributed by atoms with E-state index in [0.29, 0.717) is 5.69 Å². The zero-order chi connectivity index (χ0) is 15.8. The predicted molar refractivity (Wildman–Crippen MR) is 89.8 cm³/mol. The Hall–Kier alpha value is -2.81. The van der Waals surface area contributed by atoms with Gasteiger partial charge in [-0.1, -0.05) is 54.6 Å². The van der Waals surface area contributed by atoms with Gasteiger partial charge in [0.2, 0.25) is 0 Å². The van der Waals surface area contributed by atoms with Gasteiger partial charge in [-0.2, -0.15) is 0 Å². The number of hydrogen-bond donors (Lipinski definition) is 2. The summed E-state index contributed by atoms with van der Waals surface area (Å²) in [5.74, 6) is -0.625. The van der Waals surface area contributed by atoms with Gasteiger partial charge < -0.3 is 10.1 Å². The fourth-order valence-electron chi connectivity index (χ4n) is 3.46. The molecule has 2 N–H and O–H groups in total. The van der Waals surface area contributed by atoms with E-state index in [1.165, 1.54) is 16.7 Å². The molecular formula is C20H17NO2. The lowest BCUT2D eigenvalue weighted by Crippen LogP contribution is -2.01. The first-order valence-electron chi connectivity index (χ1n) is 7.83. The fourth-order valence-corrected chi connectivity index (χ4v) is 3.46. The molecule has 23 heavy (non-hydrogen) atoms. The fraction of sp³-hybridized carbons (Fsp3) is 0.150. The van der Waals surface area contributed by atoms with Gasteiger partial charge in [-0.05, 0) is 41.2 Å². The third kappa shape index (κ3) is 2.44. The number of hydrogen-bond acceptors (Lipinski definition) is 1. The summed E-state index contributed by atoms with van der Waals surface area (Å²) in [5, 5.41) is 9.13. The normalized spacial score (nSPS) is 16.3. The second kappa shape index (κ2) is 5.43. The summed E-state index contributed by atoms with van der Waals surface area (Å²) < 4.78 is 0. The van der Waals surface area contributed by atoms with Crippen molar-refractivity contribution in [1.29, 1.82) is 0 Å². The highest BCUT2D eigenvalue weighted by atomic mass is 16.4. The summed E-state index contributed by atoms with van der Waals surface area (Å²) >= 11 is 0. The quantitative estimate of drug-likeness (QED) is 0.750. The standard InChI is InChI=1S/C20H17NO2/c22-20(23)18-12-16-10-11-17(19(16)21-18)15-8-6-14(7-9-15)13-4-2-1-3-5-13/h1-9,12,17,21H,10-11H2,(H,22,23). The molecule has 0 aliphatic heterocycles. The van der Waals surface area contributed by atoms with Gasteiger partial charge in [-0.3, -0.25) is 0 Å². The molecule has 1 unspecified atom stereocenters. The molecule has 3 nitrogen and oxygen atoms in total. The highest BCUT2D eigenvalue weighted by Gasteiger charge is 2.27. The number of carbonyl (C=O) groups is 1. The Morgan fingerprint density at radius 3 is 2.39 bits per heavy atom. The molecule has 0 spiro atoms. The molecule has 1 heterocycles. The number of aryl methyl sites for hydroxylation is 1. The minimum Gasteiger partial charge on any atom is -0.477 e. The second-order valence-corrected chi connectivity index (χ2v) is 6.01. The number of benzene rings is 2. The Bertz CT molecular complexity index is 847. The molecule has 0 bridgehead atoms. The molecular weight excluding hydrogens is 286 g/mol. The van der Waals surface area contributed by atoms with Crippen LogP contribution in [0.15, 0.2) is 60.7 Å². The van der Waals surface area contributed by atoms with Crippen LogP contribution in [0.1, 0.15) is 39.6 Å². The van der Waals surface area contributed by atoms with Crippen molar-refractivity contribution in [3.63, 3.8) is 0 Å². The summed E-state index contributed by atoms with van der Waals surface area (Å²) in [7, 11) is 0. The van der Waals surface area contributed by atoms with Gasteiger partial charge in [0, 0.05) is 11.6 Å². The molecule has 3 heteroatoms. The number of aromatic carboxylic acids is 1. The number of aromatic nitrogens is 1. The van der Waals surface area contributed by atoms with Crippen LogP contribution in [-0.2, 0) is 6.42 Å². The monoisotopic (exact) mass is 303 g/mol. The minimum absolute atomic E-state index is 0.267. The maximum Gasteiger partial charge on any atom is 0.352 e. The number of aromatic amines is 1. The van der Waals surface area contributed by atoms with Crippen molar-refractivity contribution in [3.8, 4) is 11.1 Å². The van der Waals surface area contributed by atoms with Crippen molar-refractivity contribution in [2.45, 2.75) is 18.8 Å². The van der Waals surface area contributed by atoms with E-state index in [4.69, 9.17) is 5.11 Å². The number of H-pyrrole nitrogens is 1. The van der Waals surface area contributed by atoms with Gasteiger partial charge in [0.1, 0.15) is 5.69 Å². The predicted octanol–water partition coefficient (Wildman–Crippen LogP) is 4.46. The summed E-state index contributed by atoms with van der Waals surface area (Å²) in [4.78, 5) is 14.2. The Morgan fingerprint density at radius 1 is 1.00 bits per heavy atom. The maximum atomic E-state index is 11.1. The van der Waals surface area contributed by atoms with Gasteiger partial charge in [-0.25, -0.2) is 4.79 Å². The third-order valence-corrected chi connectivity index (χ3v) is 4.64. The van der Waals surface area contributed by atoms with Crippen LogP contribution in [0.4, 0.5) is 0 Å². The first-order chi connectivity index (χ1) is 11.2. The van der Waals surface area contributed by atoms with E-state index in [1.807, 2.05) is 18.2 Å². The minimum atomic E-state index is -0.891. The summed E-state index contributed by atoms with van der Waals surface area (Å²) in [6, 6.07) is 20.7.